The maximum Gasteiger partial charge on any atom is 0.338 e. The fourth-order valence-electron chi connectivity index (χ4n) is 1.08. The number of aromatic nitrogens is 3. The number of pyridine rings is 1. The average molecular weight is 268 g/mol. The summed E-state index contributed by atoms with van der Waals surface area (Å²) in [5, 5.41) is 12.6. The number of hydrogen-bond donors (Lipinski definition) is 1. The summed E-state index contributed by atoms with van der Waals surface area (Å²) >= 11 is 3.30. The van der Waals surface area contributed by atoms with E-state index in [1.807, 2.05) is 0 Å². The molecular weight excluding hydrogens is 262 g/mol. The van der Waals surface area contributed by atoms with Crippen LogP contribution in [-0.4, -0.2) is 25.8 Å². The smallest absolute Gasteiger partial charge is 0.338 e. The highest BCUT2D eigenvalue weighted by molar-refractivity contribution is 9.10. The van der Waals surface area contributed by atoms with E-state index in [2.05, 4.69) is 26.0 Å². The Morgan fingerprint density at radius 1 is 1.53 bits per heavy atom. The molecule has 0 aliphatic carbocycles. The van der Waals surface area contributed by atoms with Crippen LogP contribution in [0.3, 0.4) is 0 Å². The van der Waals surface area contributed by atoms with Gasteiger partial charge in [-0.1, -0.05) is 15.9 Å². The maximum atomic E-state index is 10.6. The SMILES string of the molecule is O=C(O)c1cnn(-c2cc(Br)ccn2)c1. The van der Waals surface area contributed by atoms with E-state index in [0.29, 0.717) is 5.82 Å². The van der Waals surface area contributed by atoms with Gasteiger partial charge in [0.2, 0.25) is 0 Å². The van der Waals surface area contributed by atoms with Gasteiger partial charge in [-0.15, -0.1) is 0 Å². The van der Waals surface area contributed by atoms with Crippen LogP contribution in [0.4, 0.5) is 0 Å². The lowest BCUT2D eigenvalue weighted by Gasteiger charge is -1.99. The summed E-state index contributed by atoms with van der Waals surface area (Å²) in [6, 6.07) is 3.53. The van der Waals surface area contributed by atoms with E-state index in [4.69, 9.17) is 5.11 Å². The normalized spacial score (nSPS) is 10.2. The summed E-state index contributed by atoms with van der Waals surface area (Å²) in [7, 11) is 0. The molecule has 15 heavy (non-hydrogen) atoms. The third kappa shape index (κ3) is 2.04. The molecule has 2 rings (SSSR count). The van der Waals surface area contributed by atoms with Gasteiger partial charge in [0, 0.05) is 16.9 Å². The van der Waals surface area contributed by atoms with Crippen molar-refractivity contribution in [1.29, 1.82) is 0 Å². The molecular formula is C9H6BrN3O2. The van der Waals surface area contributed by atoms with E-state index in [0.717, 1.165) is 4.47 Å². The van der Waals surface area contributed by atoms with Crippen LogP contribution < -0.4 is 0 Å². The lowest BCUT2D eigenvalue weighted by molar-refractivity contribution is 0.0697. The minimum Gasteiger partial charge on any atom is -0.478 e. The van der Waals surface area contributed by atoms with Crippen LogP contribution in [0.1, 0.15) is 10.4 Å². The monoisotopic (exact) mass is 267 g/mol. The molecule has 0 aromatic carbocycles. The van der Waals surface area contributed by atoms with Crippen molar-refractivity contribution in [1.82, 2.24) is 14.8 Å². The first-order valence-electron chi connectivity index (χ1n) is 4.07. The fourth-order valence-corrected chi connectivity index (χ4v) is 1.40. The first kappa shape index (κ1) is 9.85. The van der Waals surface area contributed by atoms with E-state index in [1.165, 1.54) is 17.1 Å². The standard InChI is InChI=1S/C9H6BrN3O2/c10-7-1-2-11-8(3-7)13-5-6(4-12-13)9(14)15/h1-5H,(H,14,15). The minimum atomic E-state index is -1.00. The van der Waals surface area contributed by atoms with Crippen LogP contribution in [0.25, 0.3) is 5.82 Å². The quantitative estimate of drug-likeness (QED) is 0.900. The first-order valence-corrected chi connectivity index (χ1v) is 4.86. The zero-order valence-corrected chi connectivity index (χ0v) is 9.05. The highest BCUT2D eigenvalue weighted by Gasteiger charge is 2.07. The maximum absolute atomic E-state index is 10.6. The highest BCUT2D eigenvalue weighted by Crippen LogP contribution is 2.12. The van der Waals surface area contributed by atoms with Crippen LogP contribution in [0, 0.1) is 0 Å². The first-order chi connectivity index (χ1) is 7.16. The predicted octanol–water partition coefficient (Wildman–Crippen LogP) is 1.73. The van der Waals surface area contributed by atoms with Crippen LogP contribution >= 0.6 is 15.9 Å². The van der Waals surface area contributed by atoms with Crippen LogP contribution in [0.2, 0.25) is 0 Å². The Hall–Kier alpha value is -1.69. The van der Waals surface area contributed by atoms with Gasteiger partial charge in [-0.3, -0.25) is 0 Å². The number of nitrogens with zero attached hydrogens (tertiary/aromatic N) is 3. The fraction of sp³-hybridized carbons (Fsp3) is 0. The van der Waals surface area contributed by atoms with Crippen LogP contribution in [0.5, 0.6) is 0 Å². The van der Waals surface area contributed by atoms with Gasteiger partial charge >= 0.3 is 5.97 Å². The average Bonchev–Trinajstić information content (AvgIpc) is 2.66. The van der Waals surface area contributed by atoms with Crippen LogP contribution in [-0.2, 0) is 0 Å². The Balaban J connectivity index is 2.41. The van der Waals surface area contributed by atoms with Crippen molar-refractivity contribution in [3.63, 3.8) is 0 Å². The number of carboxylic acid groups (broad SMARTS) is 1. The summed E-state index contributed by atoms with van der Waals surface area (Å²) in [5.41, 5.74) is 0.136. The van der Waals surface area contributed by atoms with E-state index in [1.54, 1.807) is 18.3 Å². The Morgan fingerprint density at radius 3 is 2.93 bits per heavy atom. The molecule has 2 aromatic rings. The summed E-state index contributed by atoms with van der Waals surface area (Å²) in [5.74, 6) is -0.437. The zero-order valence-electron chi connectivity index (χ0n) is 7.46. The van der Waals surface area contributed by atoms with Gasteiger partial charge in [0.25, 0.3) is 0 Å². The van der Waals surface area contributed by atoms with Gasteiger partial charge < -0.3 is 5.11 Å². The molecule has 0 fully saturated rings. The number of halogens is 1. The van der Waals surface area contributed by atoms with Gasteiger partial charge in [-0.05, 0) is 12.1 Å². The molecule has 0 saturated carbocycles. The van der Waals surface area contributed by atoms with Gasteiger partial charge in [-0.25, -0.2) is 14.5 Å². The molecule has 0 aliphatic heterocycles. The van der Waals surface area contributed by atoms with E-state index in [9.17, 15) is 4.79 Å². The Morgan fingerprint density at radius 2 is 2.33 bits per heavy atom. The van der Waals surface area contributed by atoms with Gasteiger partial charge in [0.15, 0.2) is 5.82 Å². The molecule has 76 valence electrons. The topological polar surface area (TPSA) is 68.0 Å². The molecule has 0 amide bonds. The van der Waals surface area contributed by atoms with Crippen molar-refractivity contribution in [3.05, 3.63) is 40.8 Å². The van der Waals surface area contributed by atoms with E-state index >= 15 is 0 Å². The second kappa shape index (κ2) is 3.82. The summed E-state index contributed by atoms with van der Waals surface area (Å²) in [4.78, 5) is 14.7. The lowest BCUT2D eigenvalue weighted by Crippen LogP contribution is -1.97. The molecule has 1 N–H and O–H groups in total. The molecule has 6 heteroatoms. The molecule has 2 aromatic heterocycles. The Bertz CT molecular complexity index is 510. The van der Waals surface area contributed by atoms with Gasteiger partial charge in [0.1, 0.15) is 0 Å². The number of carboxylic acids is 1. The summed E-state index contributed by atoms with van der Waals surface area (Å²) in [6.45, 7) is 0. The molecule has 0 radical (unpaired) electrons. The molecule has 0 unspecified atom stereocenters. The highest BCUT2D eigenvalue weighted by atomic mass is 79.9. The van der Waals surface area contributed by atoms with E-state index in [-0.39, 0.29) is 5.56 Å². The largest absolute Gasteiger partial charge is 0.478 e. The molecule has 0 aliphatic rings. The van der Waals surface area contributed by atoms with Crippen molar-refractivity contribution in [3.8, 4) is 5.82 Å². The zero-order chi connectivity index (χ0) is 10.8. The second-order valence-corrected chi connectivity index (χ2v) is 3.73. The molecule has 0 saturated heterocycles. The molecule has 2 heterocycles. The summed E-state index contributed by atoms with van der Waals surface area (Å²) < 4.78 is 2.27. The third-order valence-corrected chi connectivity index (χ3v) is 2.27. The number of aromatic carboxylic acids is 1. The Labute approximate surface area is 93.5 Å². The predicted molar refractivity (Wildman–Crippen MR) is 56.0 cm³/mol. The number of carbonyl (C=O) groups is 1. The van der Waals surface area contributed by atoms with Gasteiger partial charge in [-0.2, -0.15) is 5.10 Å². The van der Waals surface area contributed by atoms with Crippen molar-refractivity contribution in [2.75, 3.05) is 0 Å². The van der Waals surface area contributed by atoms with Crippen molar-refractivity contribution < 1.29 is 9.90 Å². The summed E-state index contributed by atoms with van der Waals surface area (Å²) in [6.07, 6.45) is 4.31. The lowest BCUT2D eigenvalue weighted by atomic mass is 10.4. The van der Waals surface area contributed by atoms with Gasteiger partial charge in [0.05, 0.1) is 11.8 Å². The van der Waals surface area contributed by atoms with Crippen molar-refractivity contribution in [2.24, 2.45) is 0 Å². The molecule has 5 nitrogen and oxygen atoms in total. The molecule has 0 spiro atoms. The Kier molecular flexibility index (Phi) is 2.51. The van der Waals surface area contributed by atoms with E-state index < -0.39 is 5.97 Å². The minimum absolute atomic E-state index is 0.136. The van der Waals surface area contributed by atoms with Crippen LogP contribution in [0.15, 0.2) is 35.2 Å². The number of rotatable bonds is 2. The second-order valence-electron chi connectivity index (χ2n) is 2.81. The molecule has 0 atom stereocenters. The van der Waals surface area contributed by atoms with Crippen molar-refractivity contribution in [2.45, 2.75) is 0 Å². The number of hydrogen-bond acceptors (Lipinski definition) is 3. The third-order valence-electron chi connectivity index (χ3n) is 1.77. The molecule has 0 bridgehead atoms. The van der Waals surface area contributed by atoms with Crippen molar-refractivity contribution >= 4 is 21.9 Å².